The second kappa shape index (κ2) is 11.7. The lowest BCUT2D eigenvalue weighted by molar-refractivity contribution is 0.0950. The highest BCUT2D eigenvalue weighted by atomic mass is 35.5. The maximum atomic E-state index is 12.0. The molecule has 0 saturated heterocycles. The lowest BCUT2D eigenvalue weighted by Gasteiger charge is -2.11. The van der Waals surface area contributed by atoms with Gasteiger partial charge in [-0.2, -0.15) is 0 Å². The topological polar surface area (TPSA) is 54.0 Å². The summed E-state index contributed by atoms with van der Waals surface area (Å²) in [5.74, 6) is 0.823. The molecule has 1 heterocycles. The first-order chi connectivity index (χ1) is 10.6. The molecule has 0 aliphatic heterocycles. The number of hydrogen-bond donors (Lipinski definition) is 2. The normalized spacial score (nSPS) is 11.1. The van der Waals surface area contributed by atoms with E-state index < -0.39 is 0 Å². The summed E-state index contributed by atoms with van der Waals surface area (Å²) in [5.41, 5.74) is 1.80. The fourth-order valence-corrected chi connectivity index (χ4v) is 3.29. The van der Waals surface area contributed by atoms with E-state index in [4.69, 9.17) is 0 Å². The van der Waals surface area contributed by atoms with Crippen LogP contribution in [0.15, 0.2) is 34.5 Å². The Morgan fingerprint density at radius 2 is 1.96 bits per heavy atom. The van der Waals surface area contributed by atoms with Gasteiger partial charge in [0, 0.05) is 34.2 Å². The number of carbonyl (C=O) groups is 1. The summed E-state index contributed by atoms with van der Waals surface area (Å²) in [7, 11) is 1.88. The Bertz CT molecular complexity index is 620. The van der Waals surface area contributed by atoms with E-state index in [0.29, 0.717) is 12.1 Å². The molecule has 2 rings (SSSR count). The van der Waals surface area contributed by atoms with Crippen LogP contribution in [0.4, 0.5) is 0 Å². The molecule has 4 nitrogen and oxygen atoms in total. The molecular weight excluding hydrogens is 385 g/mol. The Labute approximate surface area is 164 Å². The molecule has 0 radical (unpaired) electrons. The van der Waals surface area contributed by atoms with E-state index in [0.717, 1.165) is 21.3 Å². The monoisotopic (exact) mass is 407 g/mol. The van der Waals surface area contributed by atoms with Crippen LogP contribution in [0, 0.1) is 6.92 Å². The zero-order chi connectivity index (χ0) is 15.9. The molecule has 24 heavy (non-hydrogen) atoms. The summed E-state index contributed by atoms with van der Waals surface area (Å²) >= 11 is 3.40. The molecule has 8 heteroatoms. The summed E-state index contributed by atoms with van der Waals surface area (Å²) in [6, 6.07) is 7.98. The molecule has 1 aromatic heterocycles. The molecule has 1 aromatic carbocycles. The second-order valence-electron chi connectivity index (χ2n) is 5.07. The van der Waals surface area contributed by atoms with Crippen molar-refractivity contribution in [3.8, 4) is 0 Å². The number of thiazole rings is 1. The van der Waals surface area contributed by atoms with Crippen molar-refractivity contribution >= 4 is 53.8 Å². The maximum absolute atomic E-state index is 12.0. The van der Waals surface area contributed by atoms with E-state index in [9.17, 15) is 4.79 Å². The van der Waals surface area contributed by atoms with E-state index in [1.54, 1.807) is 23.1 Å². The molecule has 0 aliphatic carbocycles. The average molecular weight is 408 g/mol. The van der Waals surface area contributed by atoms with Crippen molar-refractivity contribution in [1.29, 1.82) is 0 Å². The van der Waals surface area contributed by atoms with Crippen LogP contribution in [0.25, 0.3) is 0 Å². The van der Waals surface area contributed by atoms with Crippen molar-refractivity contribution in [3.05, 3.63) is 45.9 Å². The van der Waals surface area contributed by atoms with Gasteiger partial charge >= 0.3 is 0 Å². The van der Waals surface area contributed by atoms with Crippen LogP contribution >= 0.6 is 47.9 Å². The number of thioether (sulfide) groups is 1. The van der Waals surface area contributed by atoms with Crippen molar-refractivity contribution in [2.75, 3.05) is 13.6 Å². The first kappa shape index (κ1) is 23.2. The molecule has 1 atom stereocenters. The van der Waals surface area contributed by atoms with Crippen molar-refractivity contribution in [2.45, 2.75) is 30.5 Å². The largest absolute Gasteiger partial charge is 0.350 e. The average Bonchev–Trinajstić information content (AvgIpc) is 2.96. The highest BCUT2D eigenvalue weighted by molar-refractivity contribution is 7.98. The third-order valence-corrected chi connectivity index (χ3v) is 5.10. The summed E-state index contributed by atoms with van der Waals surface area (Å²) in [6.07, 6.45) is 0. The van der Waals surface area contributed by atoms with Gasteiger partial charge in [-0.3, -0.25) is 4.79 Å². The number of aromatic nitrogens is 1. The molecule has 1 unspecified atom stereocenters. The van der Waals surface area contributed by atoms with Gasteiger partial charge in [0.1, 0.15) is 0 Å². The van der Waals surface area contributed by atoms with E-state index in [-0.39, 0.29) is 36.8 Å². The van der Waals surface area contributed by atoms with Crippen LogP contribution in [0.5, 0.6) is 0 Å². The van der Waals surface area contributed by atoms with E-state index >= 15 is 0 Å². The third kappa shape index (κ3) is 7.40. The molecule has 1 amide bonds. The Balaban J connectivity index is 0.00000264. The van der Waals surface area contributed by atoms with Crippen LogP contribution in [-0.4, -0.2) is 30.5 Å². The van der Waals surface area contributed by atoms with Gasteiger partial charge in [0.15, 0.2) is 0 Å². The van der Waals surface area contributed by atoms with Gasteiger partial charge in [-0.1, -0.05) is 0 Å². The number of amides is 1. The molecular formula is C16H23Cl2N3OS2. The predicted molar refractivity (Wildman–Crippen MR) is 108 cm³/mol. The van der Waals surface area contributed by atoms with Crippen LogP contribution in [0.2, 0.25) is 0 Å². The molecule has 2 aromatic rings. The molecule has 0 saturated carbocycles. The summed E-state index contributed by atoms with van der Waals surface area (Å²) in [5, 5.41) is 9.19. The third-order valence-electron chi connectivity index (χ3n) is 3.23. The predicted octanol–water partition coefficient (Wildman–Crippen LogP) is 3.93. The van der Waals surface area contributed by atoms with Gasteiger partial charge in [-0.15, -0.1) is 47.9 Å². The zero-order valence-electron chi connectivity index (χ0n) is 13.9. The number of benzene rings is 1. The van der Waals surface area contributed by atoms with Gasteiger partial charge in [-0.05, 0) is 45.2 Å². The standard InChI is InChI=1S/C16H21N3OS2.2ClH/c1-11(17-3)8-18-16(20)13-4-6-15(7-5-13)22-10-14-9-21-12(2)19-14;;/h4-7,9,11,17H,8,10H2,1-3H3,(H,18,20);2*1H. The Morgan fingerprint density at radius 3 is 2.50 bits per heavy atom. The number of rotatable bonds is 7. The van der Waals surface area contributed by atoms with Crippen molar-refractivity contribution in [1.82, 2.24) is 15.6 Å². The lowest BCUT2D eigenvalue weighted by Crippen LogP contribution is -2.37. The van der Waals surface area contributed by atoms with E-state index in [2.05, 4.69) is 21.0 Å². The summed E-state index contributed by atoms with van der Waals surface area (Å²) < 4.78 is 0. The highest BCUT2D eigenvalue weighted by Gasteiger charge is 2.07. The lowest BCUT2D eigenvalue weighted by atomic mass is 10.2. The molecule has 0 fully saturated rings. The first-order valence-electron chi connectivity index (χ1n) is 7.18. The van der Waals surface area contributed by atoms with Gasteiger partial charge in [0.2, 0.25) is 0 Å². The highest BCUT2D eigenvalue weighted by Crippen LogP contribution is 2.23. The fraction of sp³-hybridized carbons (Fsp3) is 0.375. The van der Waals surface area contributed by atoms with Crippen LogP contribution in [0.3, 0.4) is 0 Å². The minimum absolute atomic E-state index is 0. The van der Waals surface area contributed by atoms with Crippen molar-refractivity contribution in [2.24, 2.45) is 0 Å². The molecule has 0 aliphatic rings. The minimum atomic E-state index is -0.0335. The molecule has 134 valence electrons. The SMILES string of the molecule is CNC(C)CNC(=O)c1ccc(SCc2csc(C)n2)cc1.Cl.Cl. The van der Waals surface area contributed by atoms with Gasteiger partial charge in [0.25, 0.3) is 5.91 Å². The summed E-state index contributed by atoms with van der Waals surface area (Å²) in [4.78, 5) is 17.6. The number of nitrogens with zero attached hydrogens (tertiary/aromatic N) is 1. The number of aryl methyl sites for hydroxylation is 1. The Morgan fingerprint density at radius 1 is 1.29 bits per heavy atom. The zero-order valence-corrected chi connectivity index (χ0v) is 17.1. The molecule has 2 N–H and O–H groups in total. The van der Waals surface area contributed by atoms with Gasteiger partial charge < -0.3 is 10.6 Å². The number of nitrogens with one attached hydrogen (secondary N) is 2. The number of hydrogen-bond acceptors (Lipinski definition) is 5. The fourth-order valence-electron chi connectivity index (χ4n) is 1.78. The first-order valence-corrected chi connectivity index (χ1v) is 9.04. The molecule has 0 bridgehead atoms. The van der Waals surface area contributed by atoms with Crippen molar-refractivity contribution < 1.29 is 4.79 Å². The number of carbonyl (C=O) groups excluding carboxylic acids is 1. The van der Waals surface area contributed by atoms with Gasteiger partial charge in [0.05, 0.1) is 10.7 Å². The summed E-state index contributed by atoms with van der Waals surface area (Å²) in [6.45, 7) is 4.66. The van der Waals surface area contributed by atoms with E-state index in [1.807, 2.05) is 45.2 Å². The second-order valence-corrected chi connectivity index (χ2v) is 7.18. The van der Waals surface area contributed by atoms with Crippen LogP contribution < -0.4 is 10.6 Å². The Kier molecular flexibility index (Phi) is 11.3. The smallest absolute Gasteiger partial charge is 0.251 e. The van der Waals surface area contributed by atoms with Crippen molar-refractivity contribution in [3.63, 3.8) is 0 Å². The number of halogens is 2. The maximum Gasteiger partial charge on any atom is 0.251 e. The van der Waals surface area contributed by atoms with Crippen LogP contribution in [-0.2, 0) is 5.75 Å². The van der Waals surface area contributed by atoms with E-state index in [1.165, 1.54) is 0 Å². The minimum Gasteiger partial charge on any atom is -0.350 e. The van der Waals surface area contributed by atoms with Crippen LogP contribution in [0.1, 0.15) is 28.0 Å². The molecule has 0 spiro atoms. The number of likely N-dealkylation sites (N-methyl/N-ethyl adjacent to an activating group) is 1. The Hall–Kier alpha value is -0.790. The van der Waals surface area contributed by atoms with Gasteiger partial charge in [-0.25, -0.2) is 4.98 Å². The quantitative estimate of drug-likeness (QED) is 0.682.